The fraction of sp³-hybridized carbons (Fsp3) is 0.180. The van der Waals surface area contributed by atoms with Gasteiger partial charge in [0.15, 0.2) is 11.7 Å². The van der Waals surface area contributed by atoms with Gasteiger partial charge in [-0.3, -0.25) is 0 Å². The second-order valence-electron chi connectivity index (χ2n) is 18.1. The van der Waals surface area contributed by atoms with E-state index in [4.69, 9.17) is 9.15 Å². The number of benzene rings is 9. The van der Waals surface area contributed by atoms with Crippen LogP contribution in [0.3, 0.4) is 0 Å². The van der Waals surface area contributed by atoms with Crippen LogP contribution in [-0.2, 0) is 25.7 Å². The van der Waals surface area contributed by atoms with Crippen molar-refractivity contribution in [3.8, 4) is 5.75 Å². The monoisotopic (exact) mass is 844 g/mol. The van der Waals surface area contributed by atoms with Crippen LogP contribution < -0.4 is 14.5 Å². The van der Waals surface area contributed by atoms with Gasteiger partial charge in [0.05, 0.1) is 17.1 Å². The average Bonchev–Trinajstić information content (AvgIpc) is 3.95. The summed E-state index contributed by atoms with van der Waals surface area (Å²) < 4.78 is 14.1. The first-order chi connectivity index (χ1) is 31.9. The Morgan fingerprint density at radius 2 is 1.09 bits per heavy atom. The lowest BCUT2D eigenvalue weighted by Crippen LogP contribution is -2.53. The van der Waals surface area contributed by atoms with Crippen molar-refractivity contribution in [1.29, 1.82) is 0 Å². The lowest BCUT2D eigenvalue weighted by atomic mass is 9.80. The molecule has 0 saturated heterocycles. The molecule has 0 bridgehead atoms. The van der Waals surface area contributed by atoms with Crippen molar-refractivity contribution in [1.82, 2.24) is 0 Å². The molecule has 12 rings (SSSR count). The molecule has 2 heterocycles. The summed E-state index contributed by atoms with van der Waals surface area (Å²) in [5.74, 6) is 1.02. The van der Waals surface area contributed by atoms with Crippen molar-refractivity contribution < 1.29 is 9.15 Å². The predicted molar refractivity (Wildman–Crippen MR) is 275 cm³/mol. The zero-order valence-electron chi connectivity index (χ0n) is 37.8. The molecule has 9 aromatic carbocycles. The number of para-hydroxylation sites is 3. The molecule has 65 heavy (non-hydrogen) atoms. The van der Waals surface area contributed by atoms with Crippen molar-refractivity contribution in [2.75, 3.05) is 9.80 Å². The largest absolute Gasteiger partial charge is 0.482 e. The number of aryl methyl sites for hydroxylation is 4. The van der Waals surface area contributed by atoms with Crippen LogP contribution in [0.15, 0.2) is 174 Å². The zero-order valence-corrected chi connectivity index (χ0v) is 37.8. The minimum absolute atomic E-state index is 0.215. The molecule has 0 N–H and O–H groups in total. The van der Waals surface area contributed by atoms with E-state index in [-0.39, 0.29) is 6.10 Å². The zero-order chi connectivity index (χ0) is 44.0. The van der Waals surface area contributed by atoms with E-state index in [1.54, 1.807) is 0 Å². The van der Waals surface area contributed by atoms with E-state index in [9.17, 15) is 0 Å². The summed E-state index contributed by atoms with van der Waals surface area (Å²) in [6, 6.07) is 56.6. The number of nitrogens with zero attached hydrogens (tertiary/aromatic N) is 2. The molecule has 1 aliphatic heterocycles. The Bertz CT molecular complexity index is 3540. The van der Waals surface area contributed by atoms with E-state index in [0.29, 0.717) is 0 Å². The topological polar surface area (TPSA) is 28.9 Å². The normalized spacial score (nSPS) is 16.7. The minimum atomic E-state index is -0.569. The predicted octanol–water partition coefficient (Wildman–Crippen LogP) is 16.5. The van der Waals surface area contributed by atoms with E-state index in [1.807, 2.05) is 0 Å². The number of fused-ring (bicyclic) bond motifs is 6. The maximum atomic E-state index is 7.17. The van der Waals surface area contributed by atoms with E-state index >= 15 is 0 Å². The molecule has 0 fully saturated rings. The lowest BCUT2D eigenvalue weighted by Gasteiger charge is -2.46. The van der Waals surface area contributed by atoms with Crippen LogP contribution in [0.25, 0.3) is 59.8 Å². The number of furan rings is 1. The Morgan fingerprint density at radius 3 is 1.77 bits per heavy atom. The summed E-state index contributed by atoms with van der Waals surface area (Å²) in [6.45, 7) is 11.2. The summed E-state index contributed by atoms with van der Waals surface area (Å²) in [5.41, 5.74) is 14.3. The third kappa shape index (κ3) is 5.89. The molecule has 4 heteroatoms. The van der Waals surface area contributed by atoms with Gasteiger partial charge in [0.1, 0.15) is 16.9 Å². The standard InChI is InChI=1S/C61H52N2O2/c1-6-38-21-29-44(30-22-38)62(54-20-12-18-47-46-16-10-14-40(8-3)57(46)64-59(47)54)52-35-27-42-26-34-51-53(36-28-43-25-33-50(52)55(42)56(43)51)63(45-31-23-39(7-2)24-32-45)61(5)37-13-19-49-48-17-11-15-41(9-4)58(48)65-60(49)61/h10-37,60H,6-9H2,1-5H3. The summed E-state index contributed by atoms with van der Waals surface area (Å²) in [7, 11) is 0. The second-order valence-corrected chi connectivity index (χ2v) is 18.1. The highest BCUT2D eigenvalue weighted by Gasteiger charge is 2.48. The highest BCUT2D eigenvalue weighted by atomic mass is 16.5. The number of rotatable bonds is 10. The molecule has 2 unspecified atom stereocenters. The molecule has 1 aromatic heterocycles. The number of hydrogen-bond donors (Lipinski definition) is 0. The maximum Gasteiger partial charge on any atom is 0.159 e. The van der Waals surface area contributed by atoms with Crippen LogP contribution in [0.4, 0.5) is 28.4 Å². The van der Waals surface area contributed by atoms with Gasteiger partial charge in [0.2, 0.25) is 0 Å². The van der Waals surface area contributed by atoms with Gasteiger partial charge in [-0.25, -0.2) is 0 Å². The van der Waals surface area contributed by atoms with E-state index in [0.717, 1.165) is 81.8 Å². The number of anilines is 5. The summed E-state index contributed by atoms with van der Waals surface area (Å²) >= 11 is 0. The van der Waals surface area contributed by atoms with Crippen LogP contribution in [0.1, 0.15) is 62.4 Å². The van der Waals surface area contributed by atoms with Crippen molar-refractivity contribution in [2.45, 2.75) is 71.9 Å². The molecular weight excluding hydrogens is 793 g/mol. The number of ether oxygens (including phenoxy) is 1. The van der Waals surface area contributed by atoms with Gasteiger partial charge in [-0.2, -0.15) is 0 Å². The number of allylic oxidation sites excluding steroid dienone is 2. The minimum Gasteiger partial charge on any atom is -0.482 e. The Morgan fingerprint density at radius 1 is 0.508 bits per heavy atom. The van der Waals surface area contributed by atoms with Gasteiger partial charge in [0, 0.05) is 44.1 Å². The van der Waals surface area contributed by atoms with Crippen molar-refractivity contribution in [2.24, 2.45) is 0 Å². The van der Waals surface area contributed by atoms with Crippen molar-refractivity contribution >= 4 is 88.3 Å². The third-order valence-corrected chi connectivity index (χ3v) is 14.5. The molecule has 2 aliphatic rings. The maximum absolute atomic E-state index is 7.17. The average molecular weight is 845 g/mol. The van der Waals surface area contributed by atoms with Crippen molar-refractivity contribution in [3.63, 3.8) is 0 Å². The lowest BCUT2D eigenvalue weighted by molar-refractivity contribution is 0.209. The Balaban J connectivity index is 1.09. The van der Waals surface area contributed by atoms with Crippen LogP contribution >= 0.6 is 0 Å². The van der Waals surface area contributed by atoms with Gasteiger partial charge in [0.25, 0.3) is 0 Å². The Labute approximate surface area is 381 Å². The summed E-state index contributed by atoms with van der Waals surface area (Å²) in [6.07, 6.45) is 10.4. The summed E-state index contributed by atoms with van der Waals surface area (Å²) in [4.78, 5) is 4.98. The van der Waals surface area contributed by atoms with E-state index in [2.05, 4.69) is 214 Å². The molecule has 318 valence electrons. The highest BCUT2D eigenvalue weighted by Crippen LogP contribution is 2.53. The quantitative estimate of drug-likeness (QED) is 0.128. The first kappa shape index (κ1) is 39.3. The van der Waals surface area contributed by atoms with E-state index < -0.39 is 5.54 Å². The highest BCUT2D eigenvalue weighted by molar-refractivity contribution is 6.28. The molecule has 1 aliphatic carbocycles. The van der Waals surface area contributed by atoms with E-state index in [1.165, 1.54) is 65.7 Å². The SMILES string of the molecule is CCc1ccc(N(c2ccc3ccc4c(N(c5ccc(CC)cc5)C5(C)C=CC=C6c7cccc(CC)c7OC65)ccc5ccc2c3c54)c2cccc3c2oc2c(CC)cccc23)cc1. The molecular formula is C61H52N2O2. The molecule has 0 amide bonds. The molecule has 4 nitrogen and oxygen atoms in total. The molecule has 0 saturated carbocycles. The van der Waals surface area contributed by atoms with Gasteiger partial charge in [-0.05, 0) is 119 Å². The first-order valence-electron chi connectivity index (χ1n) is 23.5. The van der Waals surface area contributed by atoms with Crippen molar-refractivity contribution in [3.05, 3.63) is 198 Å². The smallest absolute Gasteiger partial charge is 0.159 e. The molecule has 10 aromatic rings. The van der Waals surface area contributed by atoms with Crippen LogP contribution in [0.5, 0.6) is 5.75 Å². The Kier molecular flexibility index (Phi) is 9.17. The first-order valence-corrected chi connectivity index (χ1v) is 23.5. The molecule has 0 spiro atoms. The molecule has 0 radical (unpaired) electrons. The van der Waals surface area contributed by atoms with Gasteiger partial charge in [-0.15, -0.1) is 0 Å². The number of hydrogen-bond acceptors (Lipinski definition) is 4. The van der Waals surface area contributed by atoms with Crippen LogP contribution in [-0.4, -0.2) is 11.6 Å². The van der Waals surface area contributed by atoms with Crippen LogP contribution in [0.2, 0.25) is 0 Å². The fourth-order valence-electron chi connectivity index (χ4n) is 11.1. The Hall–Kier alpha value is -7.30. The third-order valence-electron chi connectivity index (χ3n) is 14.5. The van der Waals surface area contributed by atoms with Gasteiger partial charge >= 0.3 is 0 Å². The van der Waals surface area contributed by atoms with Gasteiger partial charge in [-0.1, -0.05) is 155 Å². The molecule has 2 atom stereocenters. The summed E-state index contributed by atoms with van der Waals surface area (Å²) in [5, 5.41) is 9.61. The second kappa shape index (κ2) is 15.2. The van der Waals surface area contributed by atoms with Crippen LogP contribution in [0, 0.1) is 0 Å². The van der Waals surface area contributed by atoms with Gasteiger partial charge < -0.3 is 19.0 Å². The fourth-order valence-corrected chi connectivity index (χ4v) is 11.1.